The van der Waals surface area contributed by atoms with Gasteiger partial charge in [0.05, 0.1) is 5.52 Å². The molecule has 2 aromatic rings. The van der Waals surface area contributed by atoms with Crippen LogP contribution in [-0.2, 0) is 12.8 Å². The Kier molecular flexibility index (Phi) is 3.55. The third-order valence-corrected chi connectivity index (χ3v) is 2.91. The molecule has 0 aliphatic heterocycles. The highest BCUT2D eigenvalue weighted by molar-refractivity contribution is 5.82. The van der Waals surface area contributed by atoms with E-state index < -0.39 is 0 Å². The maximum absolute atomic E-state index is 4.71. The van der Waals surface area contributed by atoms with Crippen LogP contribution in [0.5, 0.6) is 0 Å². The molecule has 1 aromatic carbocycles. The number of aromatic nitrogens is 1. The van der Waals surface area contributed by atoms with Crippen LogP contribution < -0.4 is 0 Å². The van der Waals surface area contributed by atoms with Gasteiger partial charge in [0, 0.05) is 11.1 Å². The zero-order chi connectivity index (χ0) is 11.4. The van der Waals surface area contributed by atoms with Gasteiger partial charge in [-0.15, -0.1) is 0 Å². The van der Waals surface area contributed by atoms with Crippen LogP contribution in [0.25, 0.3) is 10.9 Å². The number of pyridine rings is 1. The second-order valence-corrected chi connectivity index (χ2v) is 4.29. The Morgan fingerprint density at radius 3 is 2.50 bits per heavy atom. The Bertz CT molecular complexity index is 474. The molecule has 0 aliphatic rings. The number of benzene rings is 1. The van der Waals surface area contributed by atoms with E-state index in [0.717, 1.165) is 24.8 Å². The molecule has 0 bridgehead atoms. The lowest BCUT2D eigenvalue weighted by molar-refractivity contribution is 0.888. The average molecular weight is 213 g/mol. The van der Waals surface area contributed by atoms with Gasteiger partial charge in [-0.05, 0) is 30.5 Å². The van der Waals surface area contributed by atoms with Crippen molar-refractivity contribution >= 4 is 10.9 Å². The molecular weight excluding hydrogens is 194 g/mol. The molecule has 16 heavy (non-hydrogen) atoms. The quantitative estimate of drug-likeness (QED) is 0.743. The van der Waals surface area contributed by atoms with E-state index in [4.69, 9.17) is 4.98 Å². The summed E-state index contributed by atoms with van der Waals surface area (Å²) in [5.74, 6) is 0. The molecule has 0 atom stereocenters. The number of hydrogen-bond donors (Lipinski definition) is 0. The van der Waals surface area contributed by atoms with Crippen molar-refractivity contribution in [2.75, 3.05) is 0 Å². The Morgan fingerprint density at radius 1 is 0.938 bits per heavy atom. The molecule has 1 heteroatoms. The smallest absolute Gasteiger partial charge is 0.0708 e. The predicted molar refractivity (Wildman–Crippen MR) is 69.7 cm³/mol. The Hall–Kier alpha value is -1.37. The molecule has 1 aromatic heterocycles. The molecule has 0 N–H and O–H groups in total. The van der Waals surface area contributed by atoms with E-state index in [1.165, 1.54) is 23.1 Å². The number of nitrogens with zero attached hydrogens (tertiary/aromatic N) is 1. The van der Waals surface area contributed by atoms with Gasteiger partial charge in [0.15, 0.2) is 0 Å². The summed E-state index contributed by atoms with van der Waals surface area (Å²) in [5.41, 5.74) is 3.79. The Balaban J connectivity index is 2.46. The van der Waals surface area contributed by atoms with Gasteiger partial charge in [0.25, 0.3) is 0 Å². The lowest BCUT2D eigenvalue weighted by atomic mass is 10.0. The van der Waals surface area contributed by atoms with Gasteiger partial charge in [0.2, 0.25) is 0 Å². The lowest BCUT2D eigenvalue weighted by Crippen LogP contribution is -1.92. The first kappa shape index (κ1) is 11.1. The zero-order valence-corrected chi connectivity index (χ0v) is 10.2. The highest BCUT2D eigenvalue weighted by Crippen LogP contribution is 2.19. The largest absolute Gasteiger partial charge is 0.253 e. The van der Waals surface area contributed by atoms with Gasteiger partial charge in [0.1, 0.15) is 0 Å². The first-order valence-electron chi connectivity index (χ1n) is 6.22. The fourth-order valence-corrected chi connectivity index (χ4v) is 2.14. The predicted octanol–water partition coefficient (Wildman–Crippen LogP) is 4.14. The maximum atomic E-state index is 4.71. The lowest BCUT2D eigenvalue weighted by Gasteiger charge is -2.06. The minimum Gasteiger partial charge on any atom is -0.253 e. The molecular formula is C15H19N. The van der Waals surface area contributed by atoms with Crippen LogP contribution in [-0.4, -0.2) is 4.98 Å². The second-order valence-electron chi connectivity index (χ2n) is 4.29. The number of hydrogen-bond acceptors (Lipinski definition) is 1. The van der Waals surface area contributed by atoms with E-state index in [1.807, 2.05) is 0 Å². The van der Waals surface area contributed by atoms with Crippen LogP contribution in [0.4, 0.5) is 0 Å². The van der Waals surface area contributed by atoms with Crippen molar-refractivity contribution in [1.29, 1.82) is 0 Å². The Labute approximate surface area is 97.5 Å². The fourth-order valence-electron chi connectivity index (χ4n) is 2.14. The van der Waals surface area contributed by atoms with Crippen molar-refractivity contribution in [1.82, 2.24) is 4.98 Å². The van der Waals surface area contributed by atoms with Crippen LogP contribution >= 0.6 is 0 Å². The molecule has 2 rings (SSSR count). The summed E-state index contributed by atoms with van der Waals surface area (Å²) in [5, 5.41) is 1.32. The molecule has 1 nitrogen and oxygen atoms in total. The molecule has 0 fully saturated rings. The van der Waals surface area contributed by atoms with Gasteiger partial charge < -0.3 is 0 Å². The molecule has 0 aliphatic carbocycles. The van der Waals surface area contributed by atoms with Crippen molar-refractivity contribution < 1.29 is 0 Å². The van der Waals surface area contributed by atoms with Crippen molar-refractivity contribution in [3.63, 3.8) is 0 Å². The zero-order valence-electron chi connectivity index (χ0n) is 10.2. The van der Waals surface area contributed by atoms with Gasteiger partial charge >= 0.3 is 0 Å². The average Bonchev–Trinajstić information content (AvgIpc) is 2.30. The standard InChI is InChI=1S/C15H19N/c1-3-6-12-8-5-9-15-14(12)11-10-13(16-15)7-4-2/h5,8-11H,3-4,6-7H2,1-2H3. The van der Waals surface area contributed by atoms with E-state index >= 15 is 0 Å². The topological polar surface area (TPSA) is 12.9 Å². The summed E-state index contributed by atoms with van der Waals surface area (Å²) < 4.78 is 0. The van der Waals surface area contributed by atoms with Crippen LogP contribution in [0.3, 0.4) is 0 Å². The van der Waals surface area contributed by atoms with E-state index in [9.17, 15) is 0 Å². The molecule has 84 valence electrons. The van der Waals surface area contributed by atoms with Gasteiger partial charge in [-0.2, -0.15) is 0 Å². The molecule has 0 saturated heterocycles. The highest BCUT2D eigenvalue weighted by atomic mass is 14.7. The monoisotopic (exact) mass is 213 g/mol. The summed E-state index contributed by atoms with van der Waals surface area (Å²) in [6.07, 6.45) is 4.57. The maximum Gasteiger partial charge on any atom is 0.0708 e. The Morgan fingerprint density at radius 2 is 1.75 bits per heavy atom. The van der Waals surface area contributed by atoms with Gasteiger partial charge in [-0.1, -0.05) is 44.9 Å². The van der Waals surface area contributed by atoms with E-state index in [-0.39, 0.29) is 0 Å². The summed E-state index contributed by atoms with van der Waals surface area (Å²) in [6, 6.07) is 10.9. The summed E-state index contributed by atoms with van der Waals surface area (Å²) in [4.78, 5) is 4.71. The molecule has 0 saturated carbocycles. The normalized spacial score (nSPS) is 10.9. The first-order valence-corrected chi connectivity index (χ1v) is 6.22. The highest BCUT2D eigenvalue weighted by Gasteiger charge is 2.02. The summed E-state index contributed by atoms with van der Waals surface area (Å²) in [7, 11) is 0. The van der Waals surface area contributed by atoms with E-state index in [2.05, 4.69) is 44.2 Å². The minimum absolute atomic E-state index is 1.08. The third-order valence-electron chi connectivity index (χ3n) is 2.91. The van der Waals surface area contributed by atoms with E-state index in [0.29, 0.717) is 0 Å². The molecule has 0 radical (unpaired) electrons. The van der Waals surface area contributed by atoms with E-state index in [1.54, 1.807) is 0 Å². The van der Waals surface area contributed by atoms with Crippen LogP contribution in [0.15, 0.2) is 30.3 Å². The third kappa shape index (κ3) is 2.24. The molecule has 0 amide bonds. The van der Waals surface area contributed by atoms with Crippen molar-refractivity contribution in [3.8, 4) is 0 Å². The van der Waals surface area contributed by atoms with Crippen LogP contribution in [0.2, 0.25) is 0 Å². The molecule has 0 spiro atoms. The SMILES string of the molecule is CCCc1ccc2c(CCC)cccc2n1. The van der Waals surface area contributed by atoms with Crippen molar-refractivity contribution in [2.24, 2.45) is 0 Å². The second kappa shape index (κ2) is 5.11. The van der Waals surface area contributed by atoms with Crippen LogP contribution in [0.1, 0.15) is 37.9 Å². The summed E-state index contributed by atoms with van der Waals surface area (Å²) >= 11 is 0. The number of aryl methyl sites for hydroxylation is 2. The minimum atomic E-state index is 1.08. The first-order chi connectivity index (χ1) is 7.85. The number of fused-ring (bicyclic) bond motifs is 1. The molecule has 0 unspecified atom stereocenters. The number of rotatable bonds is 4. The van der Waals surface area contributed by atoms with Crippen molar-refractivity contribution in [2.45, 2.75) is 39.5 Å². The fraction of sp³-hybridized carbons (Fsp3) is 0.400. The summed E-state index contributed by atoms with van der Waals surface area (Å²) in [6.45, 7) is 4.41. The van der Waals surface area contributed by atoms with Gasteiger partial charge in [-0.25, -0.2) is 0 Å². The van der Waals surface area contributed by atoms with Crippen molar-refractivity contribution in [3.05, 3.63) is 41.6 Å². The van der Waals surface area contributed by atoms with Crippen LogP contribution in [0, 0.1) is 0 Å². The van der Waals surface area contributed by atoms with Gasteiger partial charge in [-0.3, -0.25) is 4.98 Å². The molecule has 1 heterocycles.